The summed E-state index contributed by atoms with van der Waals surface area (Å²) in [6.07, 6.45) is 0. The van der Waals surface area contributed by atoms with Gasteiger partial charge in [0.1, 0.15) is 5.82 Å². The van der Waals surface area contributed by atoms with Gasteiger partial charge in [-0.1, -0.05) is 17.7 Å². The third-order valence-electron chi connectivity index (χ3n) is 5.47. The molecule has 0 unspecified atom stereocenters. The summed E-state index contributed by atoms with van der Waals surface area (Å²) in [5.41, 5.74) is 4.49. The summed E-state index contributed by atoms with van der Waals surface area (Å²) in [4.78, 5) is 22.2. The number of aromatic nitrogens is 2. The first-order valence-corrected chi connectivity index (χ1v) is 9.74. The molecule has 1 aliphatic rings. The molecular formula is C22H27N5O. The van der Waals surface area contributed by atoms with Crippen LogP contribution in [0.3, 0.4) is 0 Å². The van der Waals surface area contributed by atoms with Crippen LogP contribution in [0.4, 0.5) is 5.69 Å². The lowest BCUT2D eigenvalue weighted by molar-refractivity contribution is 0.102. The number of imidazole rings is 1. The van der Waals surface area contributed by atoms with Crippen LogP contribution in [0, 0.1) is 6.92 Å². The van der Waals surface area contributed by atoms with Gasteiger partial charge in [-0.2, -0.15) is 0 Å². The summed E-state index contributed by atoms with van der Waals surface area (Å²) in [6.45, 7) is 7.16. The molecule has 1 aromatic heterocycles. The number of fused-ring (bicyclic) bond motifs is 1. The second kappa shape index (κ2) is 7.73. The molecule has 0 spiro atoms. The fraction of sp³-hybridized carbons (Fsp3) is 0.364. The first-order chi connectivity index (χ1) is 13.5. The Kier molecular flexibility index (Phi) is 5.15. The summed E-state index contributed by atoms with van der Waals surface area (Å²) in [6, 6.07) is 13.5. The molecule has 1 aliphatic heterocycles. The Morgan fingerprint density at radius 3 is 2.61 bits per heavy atom. The average molecular weight is 377 g/mol. The summed E-state index contributed by atoms with van der Waals surface area (Å²) >= 11 is 0. The zero-order chi connectivity index (χ0) is 19.7. The van der Waals surface area contributed by atoms with E-state index in [-0.39, 0.29) is 5.91 Å². The molecule has 146 valence electrons. The highest BCUT2D eigenvalue weighted by Crippen LogP contribution is 2.21. The third-order valence-corrected chi connectivity index (χ3v) is 5.47. The number of likely N-dealkylation sites (N-methyl/N-ethyl adjacent to an activating group) is 1. The maximum Gasteiger partial charge on any atom is 0.255 e. The molecule has 0 atom stereocenters. The van der Waals surface area contributed by atoms with Crippen molar-refractivity contribution >= 4 is 22.6 Å². The smallest absolute Gasteiger partial charge is 0.255 e. The summed E-state index contributed by atoms with van der Waals surface area (Å²) < 4.78 is 2.15. The standard InChI is InChI=1S/C22H27N5O/c1-16-5-4-6-17(13-16)22(28)23-18-7-8-20-19(14-18)24-21(26(20)3)15-27-11-9-25(2)10-12-27/h4-8,13-14H,9-12,15H2,1-3H3,(H,23,28). The van der Waals surface area contributed by atoms with Crippen molar-refractivity contribution < 1.29 is 4.79 Å². The van der Waals surface area contributed by atoms with E-state index in [2.05, 4.69) is 33.8 Å². The van der Waals surface area contributed by atoms with Crippen molar-refractivity contribution in [3.05, 3.63) is 59.4 Å². The van der Waals surface area contributed by atoms with Gasteiger partial charge in [-0.15, -0.1) is 0 Å². The highest BCUT2D eigenvalue weighted by molar-refractivity contribution is 6.05. The lowest BCUT2D eigenvalue weighted by atomic mass is 10.1. The number of rotatable bonds is 4. The molecule has 4 rings (SSSR count). The van der Waals surface area contributed by atoms with Gasteiger partial charge < -0.3 is 14.8 Å². The van der Waals surface area contributed by atoms with Crippen molar-refractivity contribution in [2.75, 3.05) is 38.5 Å². The highest BCUT2D eigenvalue weighted by atomic mass is 16.1. The number of carbonyl (C=O) groups excluding carboxylic acids is 1. The van der Waals surface area contributed by atoms with Crippen molar-refractivity contribution in [1.82, 2.24) is 19.4 Å². The zero-order valence-corrected chi connectivity index (χ0v) is 16.8. The van der Waals surface area contributed by atoms with Crippen LogP contribution >= 0.6 is 0 Å². The summed E-state index contributed by atoms with van der Waals surface area (Å²) in [5, 5.41) is 2.99. The third kappa shape index (κ3) is 3.93. The number of piperazine rings is 1. The number of nitrogens with zero attached hydrogens (tertiary/aromatic N) is 4. The fourth-order valence-corrected chi connectivity index (χ4v) is 3.66. The Balaban J connectivity index is 1.52. The zero-order valence-electron chi connectivity index (χ0n) is 16.8. The molecule has 3 aromatic rings. The molecule has 1 amide bonds. The summed E-state index contributed by atoms with van der Waals surface area (Å²) in [5.74, 6) is 0.957. The molecule has 1 saturated heterocycles. The quantitative estimate of drug-likeness (QED) is 0.760. The van der Waals surface area contributed by atoms with Crippen molar-refractivity contribution in [1.29, 1.82) is 0 Å². The number of benzene rings is 2. The minimum Gasteiger partial charge on any atom is -0.330 e. The maximum absolute atomic E-state index is 12.5. The number of hydrogen-bond acceptors (Lipinski definition) is 4. The van der Waals surface area contributed by atoms with Gasteiger partial charge in [-0.05, 0) is 44.3 Å². The van der Waals surface area contributed by atoms with Gasteiger partial charge in [0.25, 0.3) is 5.91 Å². The van der Waals surface area contributed by atoms with Crippen molar-refractivity contribution in [3.63, 3.8) is 0 Å². The molecule has 2 aromatic carbocycles. The Bertz CT molecular complexity index is 1000. The van der Waals surface area contributed by atoms with Crippen molar-refractivity contribution in [2.24, 2.45) is 7.05 Å². The van der Waals surface area contributed by atoms with Gasteiger partial charge in [0.05, 0.1) is 17.6 Å². The Hall–Kier alpha value is -2.70. The maximum atomic E-state index is 12.5. The largest absolute Gasteiger partial charge is 0.330 e. The topological polar surface area (TPSA) is 53.4 Å². The minimum absolute atomic E-state index is 0.100. The van der Waals surface area contributed by atoms with E-state index in [0.717, 1.165) is 60.8 Å². The van der Waals surface area contributed by atoms with E-state index in [0.29, 0.717) is 5.56 Å². The normalized spacial score (nSPS) is 15.8. The van der Waals surface area contributed by atoms with Crippen LogP contribution in [-0.4, -0.2) is 58.5 Å². The number of carbonyl (C=O) groups is 1. The van der Waals surface area contributed by atoms with Gasteiger partial charge >= 0.3 is 0 Å². The predicted octanol–water partition coefficient (Wildman–Crippen LogP) is 2.88. The van der Waals surface area contributed by atoms with Gasteiger partial charge in [0.2, 0.25) is 0 Å². The number of anilines is 1. The van der Waals surface area contributed by atoms with Crippen LogP contribution < -0.4 is 5.32 Å². The van der Waals surface area contributed by atoms with Crippen LogP contribution in [0.2, 0.25) is 0 Å². The van der Waals surface area contributed by atoms with E-state index in [9.17, 15) is 4.79 Å². The second-order valence-electron chi connectivity index (χ2n) is 7.69. The lowest BCUT2D eigenvalue weighted by Gasteiger charge is -2.31. The predicted molar refractivity (Wildman–Crippen MR) is 113 cm³/mol. The monoisotopic (exact) mass is 377 g/mol. The highest BCUT2D eigenvalue weighted by Gasteiger charge is 2.17. The molecule has 0 radical (unpaired) electrons. The molecule has 6 heteroatoms. The van der Waals surface area contributed by atoms with Crippen LogP contribution in [0.5, 0.6) is 0 Å². The van der Waals surface area contributed by atoms with Gasteiger partial charge in [0.15, 0.2) is 0 Å². The van der Waals surface area contributed by atoms with E-state index in [1.54, 1.807) is 0 Å². The molecule has 2 heterocycles. The Labute approximate surface area is 165 Å². The number of aryl methyl sites for hydroxylation is 2. The van der Waals surface area contributed by atoms with Gasteiger partial charge in [-0.3, -0.25) is 9.69 Å². The SMILES string of the molecule is Cc1cccc(C(=O)Nc2ccc3c(c2)nc(CN2CCN(C)CC2)n3C)c1. The molecular weight excluding hydrogens is 350 g/mol. The first-order valence-electron chi connectivity index (χ1n) is 9.74. The Morgan fingerprint density at radius 1 is 1.07 bits per heavy atom. The molecule has 0 aliphatic carbocycles. The molecule has 0 bridgehead atoms. The van der Waals surface area contributed by atoms with E-state index in [1.165, 1.54) is 0 Å². The van der Waals surface area contributed by atoms with Crippen molar-refractivity contribution in [2.45, 2.75) is 13.5 Å². The molecule has 28 heavy (non-hydrogen) atoms. The van der Waals surface area contributed by atoms with Crippen molar-refractivity contribution in [3.8, 4) is 0 Å². The van der Waals surface area contributed by atoms with E-state index in [1.807, 2.05) is 49.4 Å². The van der Waals surface area contributed by atoms with Crippen LogP contribution in [0.25, 0.3) is 11.0 Å². The van der Waals surface area contributed by atoms with Crippen LogP contribution in [-0.2, 0) is 13.6 Å². The average Bonchev–Trinajstić information content (AvgIpc) is 2.98. The second-order valence-corrected chi connectivity index (χ2v) is 7.69. The number of nitrogens with one attached hydrogen (secondary N) is 1. The fourth-order valence-electron chi connectivity index (χ4n) is 3.66. The number of hydrogen-bond donors (Lipinski definition) is 1. The molecule has 1 fully saturated rings. The lowest BCUT2D eigenvalue weighted by Crippen LogP contribution is -2.44. The number of amides is 1. The van der Waals surface area contributed by atoms with Crippen LogP contribution in [0.15, 0.2) is 42.5 Å². The van der Waals surface area contributed by atoms with Gasteiger partial charge in [-0.25, -0.2) is 4.98 Å². The van der Waals surface area contributed by atoms with Gasteiger partial charge in [0, 0.05) is 44.5 Å². The molecule has 6 nitrogen and oxygen atoms in total. The summed E-state index contributed by atoms with van der Waals surface area (Å²) in [7, 11) is 4.23. The molecule has 1 N–H and O–H groups in total. The van der Waals surface area contributed by atoms with E-state index < -0.39 is 0 Å². The Morgan fingerprint density at radius 2 is 1.86 bits per heavy atom. The first kappa shape index (κ1) is 18.7. The molecule has 0 saturated carbocycles. The van der Waals surface area contributed by atoms with E-state index in [4.69, 9.17) is 4.98 Å². The van der Waals surface area contributed by atoms with Crippen LogP contribution in [0.1, 0.15) is 21.7 Å². The minimum atomic E-state index is -0.100. The van der Waals surface area contributed by atoms with E-state index >= 15 is 0 Å².